The van der Waals surface area contributed by atoms with Gasteiger partial charge in [-0.3, -0.25) is 10.1 Å². The van der Waals surface area contributed by atoms with Crippen molar-refractivity contribution in [1.29, 1.82) is 0 Å². The number of amides is 1. The first-order valence-corrected chi connectivity index (χ1v) is 9.67. The Morgan fingerprint density at radius 2 is 1.82 bits per heavy atom. The molecule has 4 rings (SSSR count). The van der Waals surface area contributed by atoms with Crippen LogP contribution < -0.4 is 5.32 Å². The SMILES string of the molecule is CCc1nnc(NC(=O)c2ccc(-n3nncc3-c3ccc(C)cc3)cc2)s1. The molecule has 7 nitrogen and oxygen atoms in total. The molecule has 140 valence electrons. The van der Waals surface area contributed by atoms with Crippen LogP contribution in [0.25, 0.3) is 16.9 Å². The Labute approximate surface area is 166 Å². The summed E-state index contributed by atoms with van der Waals surface area (Å²) in [4.78, 5) is 12.4. The van der Waals surface area contributed by atoms with Crippen LogP contribution in [0.4, 0.5) is 5.13 Å². The van der Waals surface area contributed by atoms with Crippen molar-refractivity contribution in [3.63, 3.8) is 0 Å². The summed E-state index contributed by atoms with van der Waals surface area (Å²) in [5, 5.41) is 20.4. The molecule has 0 saturated carbocycles. The third-order valence-electron chi connectivity index (χ3n) is 4.26. The van der Waals surface area contributed by atoms with Crippen molar-refractivity contribution in [2.75, 3.05) is 5.32 Å². The van der Waals surface area contributed by atoms with Gasteiger partial charge in [0.2, 0.25) is 5.13 Å². The van der Waals surface area contributed by atoms with Crippen LogP contribution in [0.15, 0.2) is 54.7 Å². The lowest BCUT2D eigenvalue weighted by molar-refractivity contribution is 0.102. The average molecular weight is 390 g/mol. The van der Waals surface area contributed by atoms with E-state index in [-0.39, 0.29) is 5.91 Å². The zero-order valence-corrected chi connectivity index (χ0v) is 16.3. The van der Waals surface area contributed by atoms with Crippen LogP contribution in [0.5, 0.6) is 0 Å². The molecule has 2 heterocycles. The molecule has 0 bridgehead atoms. The Hall–Kier alpha value is -3.39. The van der Waals surface area contributed by atoms with Gasteiger partial charge in [-0.05, 0) is 37.6 Å². The summed E-state index contributed by atoms with van der Waals surface area (Å²) < 4.78 is 1.75. The highest BCUT2D eigenvalue weighted by molar-refractivity contribution is 7.15. The van der Waals surface area contributed by atoms with Gasteiger partial charge in [-0.25, -0.2) is 4.68 Å². The third kappa shape index (κ3) is 3.67. The molecule has 1 N–H and O–H groups in total. The number of nitrogens with one attached hydrogen (secondary N) is 1. The number of nitrogens with zero attached hydrogens (tertiary/aromatic N) is 5. The maximum Gasteiger partial charge on any atom is 0.257 e. The number of aromatic nitrogens is 5. The number of carbonyl (C=O) groups excluding carboxylic acids is 1. The molecule has 0 aliphatic rings. The fourth-order valence-electron chi connectivity index (χ4n) is 2.72. The number of rotatable bonds is 5. The average Bonchev–Trinajstić information content (AvgIpc) is 3.38. The second-order valence-corrected chi connectivity index (χ2v) is 7.31. The molecule has 2 aromatic heterocycles. The molecular formula is C20H18N6OS. The number of benzene rings is 2. The van der Waals surface area contributed by atoms with E-state index >= 15 is 0 Å². The van der Waals surface area contributed by atoms with Gasteiger partial charge in [0.1, 0.15) is 5.01 Å². The zero-order valence-electron chi connectivity index (χ0n) is 15.5. The van der Waals surface area contributed by atoms with E-state index < -0.39 is 0 Å². The van der Waals surface area contributed by atoms with Crippen LogP contribution in [0.1, 0.15) is 27.9 Å². The quantitative estimate of drug-likeness (QED) is 0.558. The zero-order chi connectivity index (χ0) is 19.5. The van der Waals surface area contributed by atoms with Gasteiger partial charge < -0.3 is 0 Å². The summed E-state index contributed by atoms with van der Waals surface area (Å²) in [5.41, 5.74) is 4.47. The number of hydrogen-bond donors (Lipinski definition) is 1. The van der Waals surface area contributed by atoms with Crippen LogP contribution in [-0.2, 0) is 6.42 Å². The van der Waals surface area contributed by atoms with Crippen molar-refractivity contribution in [3.8, 4) is 16.9 Å². The van der Waals surface area contributed by atoms with Gasteiger partial charge in [0.15, 0.2) is 0 Å². The van der Waals surface area contributed by atoms with E-state index in [0.717, 1.165) is 28.4 Å². The van der Waals surface area contributed by atoms with Crippen LogP contribution >= 0.6 is 11.3 Å². The van der Waals surface area contributed by atoms with Crippen LogP contribution in [-0.4, -0.2) is 31.1 Å². The molecule has 0 atom stereocenters. The molecule has 0 fully saturated rings. The van der Waals surface area contributed by atoms with Crippen molar-refractivity contribution in [3.05, 3.63) is 70.9 Å². The Kier molecular flexibility index (Phi) is 4.94. The minimum atomic E-state index is -0.220. The minimum absolute atomic E-state index is 0.220. The van der Waals surface area contributed by atoms with E-state index in [4.69, 9.17) is 0 Å². The van der Waals surface area contributed by atoms with Gasteiger partial charge in [0.05, 0.1) is 17.6 Å². The van der Waals surface area contributed by atoms with E-state index in [2.05, 4.69) is 38.0 Å². The van der Waals surface area contributed by atoms with Crippen molar-refractivity contribution >= 4 is 22.4 Å². The Balaban J connectivity index is 1.54. The van der Waals surface area contributed by atoms with Gasteiger partial charge in [0.25, 0.3) is 5.91 Å². The molecule has 2 aromatic carbocycles. The second kappa shape index (κ2) is 7.69. The van der Waals surface area contributed by atoms with E-state index in [1.54, 1.807) is 23.0 Å². The Morgan fingerprint density at radius 3 is 2.50 bits per heavy atom. The first-order valence-electron chi connectivity index (χ1n) is 8.86. The van der Waals surface area contributed by atoms with E-state index in [0.29, 0.717) is 10.7 Å². The molecule has 0 aliphatic heterocycles. The molecule has 0 saturated heterocycles. The molecule has 4 aromatic rings. The topological polar surface area (TPSA) is 85.6 Å². The summed E-state index contributed by atoms with van der Waals surface area (Å²) in [6.45, 7) is 4.05. The van der Waals surface area contributed by atoms with Crippen LogP contribution in [0.2, 0.25) is 0 Å². The third-order valence-corrected chi connectivity index (χ3v) is 5.24. The maximum atomic E-state index is 12.4. The molecule has 0 radical (unpaired) electrons. The highest BCUT2D eigenvalue weighted by Crippen LogP contribution is 2.22. The molecule has 0 spiro atoms. The second-order valence-electron chi connectivity index (χ2n) is 6.25. The highest BCUT2D eigenvalue weighted by atomic mass is 32.1. The first-order chi connectivity index (χ1) is 13.6. The summed E-state index contributed by atoms with van der Waals surface area (Å²) >= 11 is 1.38. The Morgan fingerprint density at radius 1 is 1.07 bits per heavy atom. The number of hydrogen-bond acceptors (Lipinski definition) is 6. The normalized spacial score (nSPS) is 10.8. The highest BCUT2D eigenvalue weighted by Gasteiger charge is 2.12. The lowest BCUT2D eigenvalue weighted by atomic mass is 10.1. The number of anilines is 1. The summed E-state index contributed by atoms with van der Waals surface area (Å²) in [6, 6.07) is 15.4. The van der Waals surface area contributed by atoms with Crippen molar-refractivity contribution < 1.29 is 4.79 Å². The van der Waals surface area contributed by atoms with Crippen LogP contribution in [0.3, 0.4) is 0 Å². The fraction of sp³-hybridized carbons (Fsp3) is 0.150. The smallest absolute Gasteiger partial charge is 0.257 e. The van der Waals surface area contributed by atoms with Crippen molar-refractivity contribution in [2.45, 2.75) is 20.3 Å². The molecule has 8 heteroatoms. The van der Waals surface area contributed by atoms with Crippen molar-refractivity contribution in [2.24, 2.45) is 0 Å². The van der Waals surface area contributed by atoms with Gasteiger partial charge in [-0.15, -0.1) is 15.3 Å². The summed E-state index contributed by atoms with van der Waals surface area (Å²) in [6.07, 6.45) is 2.52. The predicted molar refractivity (Wildman–Crippen MR) is 109 cm³/mol. The minimum Gasteiger partial charge on any atom is -0.296 e. The monoisotopic (exact) mass is 390 g/mol. The summed E-state index contributed by atoms with van der Waals surface area (Å²) in [5.74, 6) is -0.220. The van der Waals surface area contributed by atoms with Gasteiger partial charge in [0, 0.05) is 11.1 Å². The lowest BCUT2D eigenvalue weighted by Gasteiger charge is -2.08. The van der Waals surface area contributed by atoms with Gasteiger partial charge >= 0.3 is 0 Å². The lowest BCUT2D eigenvalue weighted by Crippen LogP contribution is -2.12. The van der Waals surface area contributed by atoms with Gasteiger partial charge in [-0.2, -0.15) is 0 Å². The van der Waals surface area contributed by atoms with E-state index in [1.165, 1.54) is 16.9 Å². The van der Waals surface area contributed by atoms with Crippen molar-refractivity contribution in [1.82, 2.24) is 25.2 Å². The number of aryl methyl sites for hydroxylation is 2. The summed E-state index contributed by atoms with van der Waals surface area (Å²) in [7, 11) is 0. The van der Waals surface area contributed by atoms with Crippen LogP contribution in [0, 0.1) is 6.92 Å². The van der Waals surface area contributed by atoms with E-state index in [9.17, 15) is 4.79 Å². The Bertz CT molecular complexity index is 1100. The molecule has 0 aliphatic carbocycles. The molecule has 28 heavy (non-hydrogen) atoms. The molecule has 1 amide bonds. The maximum absolute atomic E-state index is 12.4. The predicted octanol–water partition coefficient (Wildman–Crippen LogP) is 3.91. The molecule has 0 unspecified atom stereocenters. The standard InChI is InChI=1S/C20H18N6OS/c1-3-18-23-24-20(28-18)22-19(27)15-8-10-16(11-9-15)26-17(12-21-25-26)14-6-4-13(2)5-7-14/h4-12H,3H2,1-2H3,(H,22,24,27). The molecular weight excluding hydrogens is 372 g/mol. The fourth-order valence-corrected chi connectivity index (χ4v) is 3.39. The van der Waals surface area contributed by atoms with E-state index in [1.807, 2.05) is 38.1 Å². The first kappa shape index (κ1) is 18.0. The largest absolute Gasteiger partial charge is 0.296 e. The van der Waals surface area contributed by atoms with Gasteiger partial charge in [-0.1, -0.05) is 53.3 Å². The number of carbonyl (C=O) groups is 1.